The second-order valence-corrected chi connectivity index (χ2v) is 8.40. The molecule has 0 radical (unpaired) electrons. The van der Waals surface area contributed by atoms with Gasteiger partial charge < -0.3 is 9.42 Å². The molecule has 0 saturated carbocycles. The molecular formula is C25H29N3O2. The topological polar surface area (TPSA) is 59.2 Å². The van der Waals surface area contributed by atoms with Gasteiger partial charge in [-0.15, -0.1) is 0 Å². The maximum absolute atomic E-state index is 12.7. The van der Waals surface area contributed by atoms with Crippen LogP contribution < -0.4 is 0 Å². The molecule has 0 spiro atoms. The molecule has 4 rings (SSSR count). The molecule has 1 aromatic heterocycles. The number of carbonyl (C=O) groups excluding carboxylic acids is 1. The van der Waals surface area contributed by atoms with Gasteiger partial charge in [-0.3, -0.25) is 4.79 Å². The minimum atomic E-state index is 0.107. The average molecular weight is 404 g/mol. The Balaban J connectivity index is 1.38. The van der Waals surface area contributed by atoms with Crippen LogP contribution in [-0.4, -0.2) is 34.0 Å². The van der Waals surface area contributed by atoms with Gasteiger partial charge in [-0.25, -0.2) is 0 Å². The van der Waals surface area contributed by atoms with Crippen molar-refractivity contribution in [3.8, 4) is 11.4 Å². The summed E-state index contributed by atoms with van der Waals surface area (Å²) in [7, 11) is 0. The number of hydrogen-bond acceptors (Lipinski definition) is 4. The van der Waals surface area contributed by atoms with Crippen LogP contribution in [0.1, 0.15) is 62.0 Å². The zero-order valence-corrected chi connectivity index (χ0v) is 17.8. The molecule has 2 heterocycles. The molecule has 5 nitrogen and oxygen atoms in total. The van der Waals surface area contributed by atoms with E-state index in [-0.39, 0.29) is 11.8 Å². The smallest absolute Gasteiger partial charge is 0.231 e. The van der Waals surface area contributed by atoms with E-state index in [1.54, 1.807) is 0 Å². The summed E-state index contributed by atoms with van der Waals surface area (Å²) in [6, 6.07) is 18.5. The van der Waals surface area contributed by atoms with Gasteiger partial charge in [0.1, 0.15) is 0 Å². The van der Waals surface area contributed by atoms with Crippen LogP contribution in [0.15, 0.2) is 59.1 Å². The van der Waals surface area contributed by atoms with Crippen LogP contribution in [0.2, 0.25) is 0 Å². The largest absolute Gasteiger partial charge is 0.342 e. The Hall–Kier alpha value is -2.95. The summed E-state index contributed by atoms with van der Waals surface area (Å²) >= 11 is 0. The van der Waals surface area contributed by atoms with Crippen molar-refractivity contribution in [1.29, 1.82) is 0 Å². The number of likely N-dealkylation sites (tertiary alicyclic amines) is 1. The number of nitrogens with zero attached hydrogens (tertiary/aromatic N) is 3. The molecule has 30 heavy (non-hydrogen) atoms. The van der Waals surface area contributed by atoms with Gasteiger partial charge in [-0.05, 0) is 36.3 Å². The Morgan fingerprint density at radius 1 is 1.13 bits per heavy atom. The standard InChI is InChI=1S/C25H29N3O2/c1-18(2)20-11-13-21(14-12-20)24-26-25(30-27-24)22-9-6-16-28(17-22)23(29)15-10-19-7-4-3-5-8-19/h3-5,7-8,11-14,18,22H,6,9-10,15-17H2,1-2H3. The van der Waals surface area contributed by atoms with E-state index >= 15 is 0 Å². The highest BCUT2D eigenvalue weighted by Gasteiger charge is 2.28. The SMILES string of the molecule is CC(C)c1ccc(-c2noc(C3CCCN(C(=O)CCc4ccccc4)C3)n2)cc1. The van der Waals surface area contributed by atoms with Crippen LogP contribution in [0.3, 0.4) is 0 Å². The van der Waals surface area contributed by atoms with E-state index in [0.717, 1.165) is 31.4 Å². The zero-order chi connectivity index (χ0) is 20.9. The average Bonchev–Trinajstić information content (AvgIpc) is 3.29. The van der Waals surface area contributed by atoms with Crippen LogP contribution in [0.25, 0.3) is 11.4 Å². The number of piperidine rings is 1. The monoisotopic (exact) mass is 403 g/mol. The van der Waals surface area contributed by atoms with Crippen molar-refractivity contribution in [2.24, 2.45) is 0 Å². The number of benzene rings is 2. The molecule has 1 aliphatic heterocycles. The van der Waals surface area contributed by atoms with E-state index in [4.69, 9.17) is 4.52 Å². The first-order chi connectivity index (χ1) is 14.6. The third-order valence-corrected chi connectivity index (χ3v) is 5.87. The fraction of sp³-hybridized carbons (Fsp3) is 0.400. The summed E-state index contributed by atoms with van der Waals surface area (Å²) in [6.07, 6.45) is 3.24. The minimum absolute atomic E-state index is 0.107. The van der Waals surface area contributed by atoms with Crippen LogP contribution in [0.4, 0.5) is 0 Å². The molecule has 3 aromatic rings. The van der Waals surface area contributed by atoms with Crippen molar-refractivity contribution in [1.82, 2.24) is 15.0 Å². The highest BCUT2D eigenvalue weighted by molar-refractivity contribution is 5.76. The number of rotatable bonds is 6. The highest BCUT2D eigenvalue weighted by atomic mass is 16.5. The maximum Gasteiger partial charge on any atom is 0.231 e. The van der Waals surface area contributed by atoms with Gasteiger partial charge >= 0.3 is 0 Å². The van der Waals surface area contributed by atoms with E-state index in [2.05, 4.69) is 48.3 Å². The van der Waals surface area contributed by atoms with E-state index in [1.807, 2.05) is 35.2 Å². The Bertz CT molecular complexity index is 964. The highest BCUT2D eigenvalue weighted by Crippen LogP contribution is 2.28. The second-order valence-electron chi connectivity index (χ2n) is 8.40. The molecule has 1 fully saturated rings. The minimum Gasteiger partial charge on any atom is -0.342 e. The van der Waals surface area contributed by atoms with Gasteiger partial charge in [-0.1, -0.05) is 73.6 Å². The third-order valence-electron chi connectivity index (χ3n) is 5.87. The molecule has 1 unspecified atom stereocenters. The fourth-order valence-corrected chi connectivity index (χ4v) is 3.99. The molecule has 2 aromatic carbocycles. The number of aryl methyl sites for hydroxylation is 1. The number of amides is 1. The van der Waals surface area contributed by atoms with Crippen molar-refractivity contribution in [2.45, 2.75) is 51.4 Å². The third kappa shape index (κ3) is 4.78. The van der Waals surface area contributed by atoms with E-state index in [9.17, 15) is 4.79 Å². The molecule has 1 saturated heterocycles. The fourth-order valence-electron chi connectivity index (χ4n) is 3.99. The molecular weight excluding hydrogens is 374 g/mol. The quantitative estimate of drug-likeness (QED) is 0.568. The Kier molecular flexibility index (Phi) is 6.26. The first-order valence-corrected chi connectivity index (χ1v) is 10.9. The molecule has 5 heteroatoms. The van der Waals surface area contributed by atoms with Gasteiger partial charge in [0.2, 0.25) is 17.6 Å². The molecule has 0 aliphatic carbocycles. The second kappa shape index (κ2) is 9.24. The molecule has 156 valence electrons. The van der Waals surface area contributed by atoms with Gasteiger partial charge in [0.25, 0.3) is 0 Å². The van der Waals surface area contributed by atoms with E-state index in [1.165, 1.54) is 11.1 Å². The van der Waals surface area contributed by atoms with Gasteiger partial charge in [0, 0.05) is 25.1 Å². The van der Waals surface area contributed by atoms with E-state index < -0.39 is 0 Å². The summed E-state index contributed by atoms with van der Waals surface area (Å²) in [5.41, 5.74) is 3.45. The van der Waals surface area contributed by atoms with Gasteiger partial charge in [-0.2, -0.15) is 4.98 Å². The van der Waals surface area contributed by atoms with Crippen molar-refractivity contribution < 1.29 is 9.32 Å². The predicted molar refractivity (Wildman–Crippen MR) is 117 cm³/mol. The first-order valence-electron chi connectivity index (χ1n) is 10.9. The maximum atomic E-state index is 12.7. The normalized spacial score (nSPS) is 16.8. The molecule has 1 atom stereocenters. The van der Waals surface area contributed by atoms with Crippen LogP contribution in [0.5, 0.6) is 0 Å². The summed E-state index contributed by atoms with van der Waals surface area (Å²) in [6.45, 7) is 5.82. The van der Waals surface area contributed by atoms with Crippen LogP contribution in [-0.2, 0) is 11.2 Å². The van der Waals surface area contributed by atoms with Crippen molar-refractivity contribution >= 4 is 5.91 Å². The van der Waals surface area contributed by atoms with Crippen LogP contribution >= 0.6 is 0 Å². The van der Waals surface area contributed by atoms with Crippen LogP contribution in [0, 0.1) is 0 Å². The number of carbonyl (C=O) groups is 1. The van der Waals surface area contributed by atoms with Crippen molar-refractivity contribution in [3.63, 3.8) is 0 Å². The molecule has 0 bridgehead atoms. The summed E-state index contributed by atoms with van der Waals surface area (Å²) < 4.78 is 5.59. The zero-order valence-electron chi connectivity index (χ0n) is 17.8. The number of hydrogen-bond donors (Lipinski definition) is 0. The molecule has 0 N–H and O–H groups in total. The lowest BCUT2D eigenvalue weighted by atomic mass is 9.97. The lowest BCUT2D eigenvalue weighted by molar-refractivity contribution is -0.132. The summed E-state index contributed by atoms with van der Waals surface area (Å²) in [4.78, 5) is 19.3. The Morgan fingerprint density at radius 3 is 2.63 bits per heavy atom. The lowest BCUT2D eigenvalue weighted by Crippen LogP contribution is -2.39. The summed E-state index contributed by atoms with van der Waals surface area (Å²) in [5, 5.41) is 4.19. The lowest BCUT2D eigenvalue weighted by Gasteiger charge is -2.31. The van der Waals surface area contributed by atoms with Crippen molar-refractivity contribution in [3.05, 3.63) is 71.6 Å². The molecule has 1 amide bonds. The van der Waals surface area contributed by atoms with Gasteiger partial charge in [0.15, 0.2) is 0 Å². The Labute approximate surface area is 178 Å². The van der Waals surface area contributed by atoms with Crippen molar-refractivity contribution in [2.75, 3.05) is 13.1 Å². The number of aromatic nitrogens is 2. The Morgan fingerprint density at radius 2 is 1.90 bits per heavy atom. The first kappa shape index (κ1) is 20.3. The summed E-state index contributed by atoms with van der Waals surface area (Å²) in [5.74, 6) is 2.06. The van der Waals surface area contributed by atoms with Gasteiger partial charge in [0.05, 0.1) is 5.92 Å². The van der Waals surface area contributed by atoms with E-state index in [0.29, 0.717) is 30.6 Å². The molecule has 1 aliphatic rings. The predicted octanol–water partition coefficient (Wildman–Crippen LogP) is 5.20.